The average molecular weight is 419 g/mol. The molecule has 1 aliphatic rings. The molecule has 0 radical (unpaired) electrons. The van der Waals surface area contributed by atoms with Gasteiger partial charge in [-0.25, -0.2) is 0 Å². The van der Waals surface area contributed by atoms with Crippen molar-refractivity contribution in [1.82, 2.24) is 5.32 Å². The van der Waals surface area contributed by atoms with Gasteiger partial charge in [0.25, 0.3) is 0 Å². The molecule has 5 nitrogen and oxygen atoms in total. The molecule has 2 amide bonds. The summed E-state index contributed by atoms with van der Waals surface area (Å²) < 4.78 is 5.71. The summed E-state index contributed by atoms with van der Waals surface area (Å²) in [5.41, 5.74) is 5.99. The minimum absolute atomic E-state index is 0.0482. The van der Waals surface area contributed by atoms with Crippen LogP contribution in [-0.2, 0) is 16.0 Å². The fraction of sp³-hybridized carbons (Fsp3) is 0.385. The number of amides is 2. The van der Waals surface area contributed by atoms with Crippen molar-refractivity contribution in [2.45, 2.75) is 58.9 Å². The van der Waals surface area contributed by atoms with E-state index in [1.54, 1.807) is 6.26 Å². The molecule has 0 saturated heterocycles. The van der Waals surface area contributed by atoms with E-state index in [-0.39, 0.29) is 30.2 Å². The van der Waals surface area contributed by atoms with Gasteiger partial charge in [-0.1, -0.05) is 26.0 Å². The van der Waals surface area contributed by atoms with Gasteiger partial charge in [0.1, 0.15) is 5.58 Å². The lowest BCUT2D eigenvalue weighted by molar-refractivity contribution is -0.121. The van der Waals surface area contributed by atoms with E-state index in [9.17, 15) is 9.59 Å². The molecule has 0 bridgehead atoms. The highest BCUT2D eigenvalue weighted by Crippen LogP contribution is 2.31. The molecule has 1 unspecified atom stereocenters. The van der Waals surface area contributed by atoms with Gasteiger partial charge in [-0.2, -0.15) is 0 Å². The number of carbonyl (C=O) groups excluding carboxylic acids is 2. The Kier molecular flexibility index (Phi) is 5.86. The maximum Gasteiger partial charge on any atom is 0.227 e. The Balaban J connectivity index is 1.40. The number of hydrogen-bond donors (Lipinski definition) is 2. The van der Waals surface area contributed by atoms with Crippen LogP contribution in [0.5, 0.6) is 0 Å². The summed E-state index contributed by atoms with van der Waals surface area (Å²) in [6.45, 7) is 8.40. The molecule has 1 atom stereocenters. The molecule has 2 aromatic carbocycles. The number of fused-ring (bicyclic) bond motifs is 1. The van der Waals surface area contributed by atoms with Gasteiger partial charge in [0.05, 0.1) is 18.7 Å². The molecule has 1 aliphatic carbocycles. The first-order chi connectivity index (χ1) is 14.8. The van der Waals surface area contributed by atoms with Crippen molar-refractivity contribution in [3.8, 4) is 0 Å². The van der Waals surface area contributed by atoms with Gasteiger partial charge in [0, 0.05) is 22.6 Å². The van der Waals surface area contributed by atoms with Crippen LogP contribution in [0.1, 0.15) is 67.8 Å². The van der Waals surface area contributed by atoms with Gasteiger partial charge in [0.2, 0.25) is 11.8 Å². The predicted octanol–water partition coefficient (Wildman–Crippen LogP) is 5.63. The summed E-state index contributed by atoms with van der Waals surface area (Å²) >= 11 is 0. The van der Waals surface area contributed by atoms with Gasteiger partial charge in [0.15, 0.2) is 0 Å². The minimum atomic E-state index is -0.132. The van der Waals surface area contributed by atoms with Crippen LogP contribution in [0.3, 0.4) is 0 Å². The van der Waals surface area contributed by atoms with E-state index in [1.165, 1.54) is 11.1 Å². The lowest BCUT2D eigenvalue weighted by atomic mass is 9.95. The van der Waals surface area contributed by atoms with E-state index < -0.39 is 0 Å². The third kappa shape index (κ3) is 4.82. The van der Waals surface area contributed by atoms with E-state index in [4.69, 9.17) is 4.42 Å². The van der Waals surface area contributed by atoms with E-state index >= 15 is 0 Å². The number of aryl methyl sites for hydroxylation is 1. The molecule has 2 N–H and O–H groups in total. The molecule has 4 rings (SSSR count). The van der Waals surface area contributed by atoms with E-state index in [2.05, 4.69) is 43.5 Å². The zero-order chi connectivity index (χ0) is 22.1. The molecule has 162 valence electrons. The van der Waals surface area contributed by atoms with Crippen LogP contribution in [0.2, 0.25) is 0 Å². The predicted molar refractivity (Wildman–Crippen MR) is 123 cm³/mol. The van der Waals surface area contributed by atoms with Crippen molar-refractivity contribution in [2.75, 3.05) is 5.32 Å². The fourth-order valence-electron chi connectivity index (χ4n) is 4.00. The van der Waals surface area contributed by atoms with Crippen LogP contribution >= 0.6 is 0 Å². The van der Waals surface area contributed by atoms with Gasteiger partial charge in [-0.15, -0.1) is 0 Å². The monoisotopic (exact) mass is 418 g/mol. The molecule has 0 spiro atoms. The number of furan rings is 1. The highest BCUT2D eigenvalue weighted by molar-refractivity contribution is 5.94. The molecule has 1 fully saturated rings. The molecule has 1 saturated carbocycles. The molecule has 0 aliphatic heterocycles. The molecule has 3 aromatic rings. The summed E-state index contributed by atoms with van der Waals surface area (Å²) in [5.74, 6) is 0.640. The third-order valence-electron chi connectivity index (χ3n) is 6.02. The molecule has 31 heavy (non-hydrogen) atoms. The van der Waals surface area contributed by atoms with Crippen LogP contribution in [0.25, 0.3) is 11.0 Å². The van der Waals surface area contributed by atoms with Crippen LogP contribution < -0.4 is 10.6 Å². The highest BCUT2D eigenvalue weighted by atomic mass is 16.3. The van der Waals surface area contributed by atoms with Crippen molar-refractivity contribution in [3.05, 3.63) is 64.9 Å². The Morgan fingerprint density at radius 2 is 1.81 bits per heavy atom. The number of rotatable bonds is 7. The number of anilines is 1. The van der Waals surface area contributed by atoms with Crippen LogP contribution in [0, 0.1) is 12.8 Å². The largest absolute Gasteiger partial charge is 0.464 e. The smallest absolute Gasteiger partial charge is 0.227 e. The van der Waals surface area contributed by atoms with Crippen LogP contribution in [-0.4, -0.2) is 11.8 Å². The Morgan fingerprint density at radius 3 is 2.45 bits per heavy atom. The zero-order valence-corrected chi connectivity index (χ0v) is 18.6. The second kappa shape index (κ2) is 8.58. The Labute approximate surface area is 183 Å². The summed E-state index contributed by atoms with van der Waals surface area (Å²) in [6, 6.07) is 11.7. The van der Waals surface area contributed by atoms with Crippen LogP contribution in [0.4, 0.5) is 5.69 Å². The second-order valence-electron chi connectivity index (χ2n) is 8.97. The van der Waals surface area contributed by atoms with Crippen molar-refractivity contribution in [2.24, 2.45) is 5.92 Å². The summed E-state index contributed by atoms with van der Waals surface area (Å²) in [4.78, 5) is 24.6. The second-order valence-corrected chi connectivity index (χ2v) is 8.97. The van der Waals surface area contributed by atoms with Gasteiger partial charge in [-0.3, -0.25) is 9.59 Å². The van der Waals surface area contributed by atoms with E-state index in [1.807, 2.05) is 31.2 Å². The standard InChI is InChI=1S/C26H30N2O3/c1-15(2)22-13-23-20(14-31-24(23)11-16(22)3)12-25(29)27-17(4)18-7-9-21(10-8-18)28-26(30)19-5-6-19/h7-11,13-15,17,19H,5-6,12H2,1-4H3,(H,27,29)(H,28,30). The summed E-state index contributed by atoms with van der Waals surface area (Å²) in [5, 5.41) is 7.01. The molecule has 1 heterocycles. The topological polar surface area (TPSA) is 71.3 Å². The SMILES string of the molecule is Cc1cc2occ(CC(=O)NC(C)c3ccc(NC(=O)C4CC4)cc3)c2cc1C(C)C. The lowest BCUT2D eigenvalue weighted by Gasteiger charge is -2.15. The first kappa shape index (κ1) is 21.2. The number of carbonyl (C=O) groups is 2. The Hall–Kier alpha value is -3.08. The third-order valence-corrected chi connectivity index (χ3v) is 6.02. The minimum Gasteiger partial charge on any atom is -0.464 e. The van der Waals surface area contributed by atoms with Gasteiger partial charge in [-0.05, 0) is 73.6 Å². The lowest BCUT2D eigenvalue weighted by Crippen LogP contribution is -2.28. The molecule has 1 aromatic heterocycles. The maximum absolute atomic E-state index is 12.7. The van der Waals surface area contributed by atoms with Crippen molar-refractivity contribution < 1.29 is 14.0 Å². The fourth-order valence-corrected chi connectivity index (χ4v) is 4.00. The normalized spacial score (nSPS) is 14.6. The van der Waals surface area contributed by atoms with Gasteiger partial charge < -0.3 is 15.1 Å². The maximum atomic E-state index is 12.7. The Bertz CT molecular complexity index is 1110. The van der Waals surface area contributed by atoms with Crippen molar-refractivity contribution in [3.63, 3.8) is 0 Å². The number of hydrogen-bond acceptors (Lipinski definition) is 3. The van der Waals surface area contributed by atoms with Gasteiger partial charge >= 0.3 is 0 Å². The quantitative estimate of drug-likeness (QED) is 0.522. The number of nitrogens with one attached hydrogen (secondary N) is 2. The highest BCUT2D eigenvalue weighted by Gasteiger charge is 2.29. The molecular weight excluding hydrogens is 388 g/mol. The van der Waals surface area contributed by atoms with E-state index in [0.29, 0.717) is 5.92 Å². The average Bonchev–Trinajstić information content (AvgIpc) is 3.51. The molecule has 5 heteroatoms. The van der Waals surface area contributed by atoms with Crippen molar-refractivity contribution >= 4 is 28.5 Å². The van der Waals surface area contributed by atoms with E-state index in [0.717, 1.165) is 40.6 Å². The number of benzene rings is 2. The van der Waals surface area contributed by atoms with Crippen LogP contribution in [0.15, 0.2) is 47.1 Å². The van der Waals surface area contributed by atoms with Crippen molar-refractivity contribution in [1.29, 1.82) is 0 Å². The first-order valence-electron chi connectivity index (χ1n) is 11.0. The molecular formula is C26H30N2O3. The Morgan fingerprint density at radius 1 is 1.10 bits per heavy atom. The first-order valence-corrected chi connectivity index (χ1v) is 11.0. The zero-order valence-electron chi connectivity index (χ0n) is 18.6. The summed E-state index contributed by atoms with van der Waals surface area (Å²) in [7, 11) is 0. The summed E-state index contributed by atoms with van der Waals surface area (Å²) in [6.07, 6.45) is 3.93.